The van der Waals surface area contributed by atoms with Crippen LogP contribution >= 0.6 is 23.1 Å². The van der Waals surface area contributed by atoms with E-state index in [2.05, 4.69) is 48.0 Å². The molecule has 1 N–H and O–H groups in total. The fraction of sp³-hybridized carbons (Fsp3) is 0.625. The summed E-state index contributed by atoms with van der Waals surface area (Å²) in [5, 5.41) is 3.72. The molecule has 1 nitrogen and oxygen atoms in total. The van der Waals surface area contributed by atoms with Crippen LogP contribution in [-0.4, -0.2) is 12.3 Å². The summed E-state index contributed by atoms with van der Waals surface area (Å²) in [6.07, 6.45) is 8.12. The number of rotatable bonds is 8. The Hall–Kier alpha value is -0.250. The van der Waals surface area contributed by atoms with Gasteiger partial charge in [0, 0.05) is 21.5 Å². The summed E-state index contributed by atoms with van der Waals surface area (Å²) in [6.45, 7) is 7.19. The van der Waals surface area contributed by atoms with Crippen molar-refractivity contribution in [2.24, 2.45) is 0 Å². The molecule has 1 unspecified atom stereocenters. The standard InChI is InChI=1S/C16H25NS2/c1-3-5-6-7-14(17-9-4-2)16-11-13-12-18-10-8-15(13)19-16/h3,11,14,17H,1,4-10,12H2,2H3. The highest BCUT2D eigenvalue weighted by Crippen LogP contribution is 2.35. The molecule has 0 fully saturated rings. The third-order valence-electron chi connectivity index (χ3n) is 3.53. The molecule has 0 aliphatic carbocycles. The van der Waals surface area contributed by atoms with Crippen molar-refractivity contribution in [2.45, 2.75) is 50.8 Å². The van der Waals surface area contributed by atoms with E-state index in [1.165, 1.54) is 37.2 Å². The van der Waals surface area contributed by atoms with E-state index in [9.17, 15) is 0 Å². The Morgan fingerprint density at radius 2 is 2.42 bits per heavy atom. The van der Waals surface area contributed by atoms with Gasteiger partial charge in [-0.3, -0.25) is 0 Å². The predicted octanol–water partition coefficient (Wildman–Crippen LogP) is 4.93. The highest BCUT2D eigenvalue weighted by atomic mass is 32.2. The SMILES string of the molecule is C=CCCCC(NCCC)c1cc2c(s1)CCSC2. The summed E-state index contributed by atoms with van der Waals surface area (Å²) in [5.41, 5.74) is 1.60. The van der Waals surface area contributed by atoms with Crippen molar-refractivity contribution in [3.05, 3.63) is 34.0 Å². The smallest absolute Gasteiger partial charge is 0.0415 e. The third kappa shape index (κ3) is 4.37. The van der Waals surface area contributed by atoms with Crippen molar-refractivity contribution in [3.63, 3.8) is 0 Å². The fourth-order valence-electron chi connectivity index (χ4n) is 2.47. The molecular weight excluding hydrogens is 270 g/mol. The Bertz CT molecular complexity index is 374. The molecule has 1 aliphatic heterocycles. The minimum Gasteiger partial charge on any atom is -0.309 e. The highest BCUT2D eigenvalue weighted by Gasteiger charge is 2.18. The number of thiophene rings is 1. The summed E-state index contributed by atoms with van der Waals surface area (Å²) in [7, 11) is 0. The zero-order valence-corrected chi connectivity index (χ0v) is 13.5. The lowest BCUT2D eigenvalue weighted by Crippen LogP contribution is -2.21. The molecule has 1 aromatic heterocycles. The number of allylic oxidation sites excluding steroid dienone is 1. The van der Waals surface area contributed by atoms with E-state index in [-0.39, 0.29) is 0 Å². The monoisotopic (exact) mass is 295 g/mol. The van der Waals surface area contributed by atoms with E-state index in [0.717, 1.165) is 13.0 Å². The lowest BCUT2D eigenvalue weighted by Gasteiger charge is -2.16. The van der Waals surface area contributed by atoms with Gasteiger partial charge in [-0.25, -0.2) is 0 Å². The molecule has 2 heterocycles. The average Bonchev–Trinajstić information content (AvgIpc) is 2.86. The molecule has 1 atom stereocenters. The fourth-order valence-corrected chi connectivity index (χ4v) is 4.96. The van der Waals surface area contributed by atoms with Gasteiger partial charge in [0.05, 0.1) is 0 Å². The van der Waals surface area contributed by atoms with Crippen LogP contribution in [0.2, 0.25) is 0 Å². The van der Waals surface area contributed by atoms with Crippen LogP contribution < -0.4 is 5.32 Å². The zero-order valence-electron chi connectivity index (χ0n) is 11.9. The molecule has 0 amide bonds. The Labute approximate surface area is 125 Å². The van der Waals surface area contributed by atoms with Crippen LogP contribution in [0.25, 0.3) is 0 Å². The van der Waals surface area contributed by atoms with Crippen molar-refractivity contribution < 1.29 is 0 Å². The lowest BCUT2D eigenvalue weighted by atomic mass is 10.1. The molecule has 0 spiro atoms. The van der Waals surface area contributed by atoms with E-state index in [0.29, 0.717) is 6.04 Å². The van der Waals surface area contributed by atoms with Crippen LogP contribution in [0.15, 0.2) is 18.7 Å². The summed E-state index contributed by atoms with van der Waals surface area (Å²) < 4.78 is 0. The molecule has 19 heavy (non-hydrogen) atoms. The second-order valence-electron chi connectivity index (χ2n) is 5.13. The maximum atomic E-state index is 3.82. The molecular formula is C16H25NS2. The Kier molecular flexibility index (Phi) is 6.48. The molecule has 1 aliphatic rings. The van der Waals surface area contributed by atoms with Gasteiger partial charge in [-0.1, -0.05) is 13.0 Å². The quantitative estimate of drug-likeness (QED) is 0.539. The van der Waals surface area contributed by atoms with Crippen molar-refractivity contribution >= 4 is 23.1 Å². The lowest BCUT2D eigenvalue weighted by molar-refractivity contribution is 0.492. The number of aryl methyl sites for hydroxylation is 1. The summed E-state index contributed by atoms with van der Waals surface area (Å²) in [5.74, 6) is 2.52. The second-order valence-corrected chi connectivity index (χ2v) is 7.40. The number of thioether (sulfide) groups is 1. The molecule has 1 aromatic rings. The number of nitrogens with one attached hydrogen (secondary N) is 1. The topological polar surface area (TPSA) is 12.0 Å². The first-order chi connectivity index (χ1) is 9.35. The van der Waals surface area contributed by atoms with Gasteiger partial charge in [0.15, 0.2) is 0 Å². The molecule has 3 heteroatoms. The van der Waals surface area contributed by atoms with E-state index in [4.69, 9.17) is 0 Å². The van der Waals surface area contributed by atoms with Crippen molar-refractivity contribution in [1.82, 2.24) is 5.32 Å². The van der Waals surface area contributed by atoms with Crippen molar-refractivity contribution in [1.29, 1.82) is 0 Å². The third-order valence-corrected chi connectivity index (χ3v) is 5.89. The van der Waals surface area contributed by atoms with Crippen LogP contribution in [0.1, 0.15) is 54.0 Å². The molecule has 2 rings (SSSR count). The van der Waals surface area contributed by atoms with Crippen LogP contribution in [0.3, 0.4) is 0 Å². The Balaban J connectivity index is 2.02. The number of hydrogen-bond donors (Lipinski definition) is 1. The molecule has 0 bridgehead atoms. The first-order valence-corrected chi connectivity index (χ1v) is 9.35. The second kappa shape index (κ2) is 8.13. The van der Waals surface area contributed by atoms with Crippen LogP contribution in [0.4, 0.5) is 0 Å². The first kappa shape index (κ1) is 15.1. The van der Waals surface area contributed by atoms with Crippen LogP contribution in [-0.2, 0) is 12.2 Å². The Morgan fingerprint density at radius 1 is 1.53 bits per heavy atom. The van der Waals surface area contributed by atoms with Gasteiger partial charge < -0.3 is 5.32 Å². The molecule has 0 radical (unpaired) electrons. The van der Waals surface area contributed by atoms with Gasteiger partial charge in [-0.2, -0.15) is 11.8 Å². The van der Waals surface area contributed by atoms with Crippen molar-refractivity contribution in [2.75, 3.05) is 12.3 Å². The number of unbranched alkanes of at least 4 members (excludes halogenated alkanes) is 1. The van der Waals surface area contributed by atoms with Gasteiger partial charge in [0.1, 0.15) is 0 Å². The average molecular weight is 296 g/mol. The minimum atomic E-state index is 0.556. The van der Waals surface area contributed by atoms with Crippen LogP contribution in [0, 0.1) is 0 Å². The number of fused-ring (bicyclic) bond motifs is 1. The van der Waals surface area contributed by atoms with Crippen LogP contribution in [0.5, 0.6) is 0 Å². The summed E-state index contributed by atoms with van der Waals surface area (Å²) in [4.78, 5) is 3.20. The Morgan fingerprint density at radius 3 is 3.16 bits per heavy atom. The molecule has 0 saturated carbocycles. The zero-order chi connectivity index (χ0) is 13.5. The van der Waals surface area contributed by atoms with Gasteiger partial charge in [0.2, 0.25) is 0 Å². The normalized spacial score (nSPS) is 16.1. The van der Waals surface area contributed by atoms with Gasteiger partial charge >= 0.3 is 0 Å². The first-order valence-electron chi connectivity index (χ1n) is 7.38. The maximum Gasteiger partial charge on any atom is 0.0415 e. The summed E-state index contributed by atoms with van der Waals surface area (Å²) >= 11 is 4.13. The van der Waals surface area contributed by atoms with Gasteiger partial charge in [0.25, 0.3) is 0 Å². The minimum absolute atomic E-state index is 0.556. The van der Waals surface area contributed by atoms with E-state index in [1.54, 1.807) is 15.3 Å². The largest absolute Gasteiger partial charge is 0.309 e. The molecule has 106 valence electrons. The van der Waals surface area contributed by atoms with Gasteiger partial charge in [-0.05, 0) is 56.0 Å². The van der Waals surface area contributed by atoms with E-state index < -0.39 is 0 Å². The van der Waals surface area contributed by atoms with E-state index >= 15 is 0 Å². The predicted molar refractivity (Wildman–Crippen MR) is 89.3 cm³/mol. The molecule has 0 saturated heterocycles. The van der Waals surface area contributed by atoms with E-state index in [1.807, 2.05) is 6.08 Å². The van der Waals surface area contributed by atoms with Crippen molar-refractivity contribution in [3.8, 4) is 0 Å². The molecule has 0 aromatic carbocycles. The summed E-state index contributed by atoms with van der Waals surface area (Å²) in [6, 6.07) is 3.02. The van der Waals surface area contributed by atoms with Gasteiger partial charge in [-0.15, -0.1) is 17.9 Å². The maximum absolute atomic E-state index is 3.82. The highest BCUT2D eigenvalue weighted by molar-refractivity contribution is 7.98. The number of hydrogen-bond acceptors (Lipinski definition) is 3.